The van der Waals surface area contributed by atoms with Crippen LogP contribution in [0.5, 0.6) is 0 Å². The van der Waals surface area contributed by atoms with Crippen molar-refractivity contribution in [3.63, 3.8) is 0 Å². The van der Waals surface area contributed by atoms with Crippen molar-refractivity contribution in [2.24, 2.45) is 5.92 Å². The fraction of sp³-hybridized carbons (Fsp3) is 0.455. The first-order valence-corrected chi connectivity index (χ1v) is 10.8. The zero-order valence-electron chi connectivity index (χ0n) is 16.8. The zero-order valence-corrected chi connectivity index (χ0v) is 17.6. The molecule has 1 saturated carbocycles. The van der Waals surface area contributed by atoms with Crippen molar-refractivity contribution in [1.29, 1.82) is 0 Å². The molecule has 2 amide bonds. The minimum Gasteiger partial charge on any atom is -0.349 e. The number of rotatable bonds is 9. The quantitative estimate of drug-likeness (QED) is 0.664. The lowest BCUT2D eigenvalue weighted by molar-refractivity contribution is -0.117. The molecule has 0 spiro atoms. The first-order valence-electron chi connectivity index (χ1n) is 10.0. The van der Waals surface area contributed by atoms with E-state index in [1.807, 2.05) is 31.2 Å². The lowest BCUT2D eigenvalue weighted by atomic mass is 10.0. The van der Waals surface area contributed by atoms with Gasteiger partial charge in [-0.15, -0.1) is 11.3 Å². The molecule has 150 valence electrons. The van der Waals surface area contributed by atoms with Gasteiger partial charge in [-0.2, -0.15) is 0 Å². The molecule has 1 aliphatic carbocycles. The van der Waals surface area contributed by atoms with Crippen LogP contribution in [0.3, 0.4) is 0 Å². The number of anilines is 1. The summed E-state index contributed by atoms with van der Waals surface area (Å²) in [7, 11) is 0. The van der Waals surface area contributed by atoms with Crippen LogP contribution in [-0.2, 0) is 4.79 Å². The predicted molar refractivity (Wildman–Crippen MR) is 115 cm³/mol. The van der Waals surface area contributed by atoms with E-state index in [4.69, 9.17) is 0 Å². The van der Waals surface area contributed by atoms with E-state index < -0.39 is 0 Å². The average Bonchev–Trinajstić information content (AvgIpc) is 3.49. The maximum Gasteiger partial charge on any atom is 0.261 e. The number of nitrogens with zero attached hydrogens (tertiary/aromatic N) is 1. The van der Waals surface area contributed by atoms with Gasteiger partial charge in [-0.05, 0) is 50.0 Å². The van der Waals surface area contributed by atoms with Gasteiger partial charge in [0.2, 0.25) is 5.91 Å². The maximum atomic E-state index is 12.8. The molecule has 1 fully saturated rings. The molecule has 2 N–H and O–H groups in total. The smallest absolute Gasteiger partial charge is 0.261 e. The molecule has 1 atom stereocenters. The molecule has 1 aliphatic rings. The Hall–Kier alpha value is -2.18. The molecule has 3 rings (SSSR count). The second kappa shape index (κ2) is 9.34. The molecular formula is C22H29N3O2S. The van der Waals surface area contributed by atoms with E-state index in [0.29, 0.717) is 11.4 Å². The van der Waals surface area contributed by atoms with Gasteiger partial charge in [0, 0.05) is 12.5 Å². The number of nitrogens with one attached hydrogen (secondary N) is 2. The Labute approximate surface area is 171 Å². The van der Waals surface area contributed by atoms with Crippen LogP contribution in [0, 0.1) is 12.8 Å². The number of amides is 2. The summed E-state index contributed by atoms with van der Waals surface area (Å²) < 4.78 is 0. The molecule has 0 aliphatic heterocycles. The second-order valence-corrected chi connectivity index (χ2v) is 8.30. The minimum atomic E-state index is -0.0810. The van der Waals surface area contributed by atoms with Gasteiger partial charge < -0.3 is 10.6 Å². The second-order valence-electron chi connectivity index (χ2n) is 7.24. The third kappa shape index (κ3) is 5.00. The van der Waals surface area contributed by atoms with E-state index in [9.17, 15) is 9.59 Å². The van der Waals surface area contributed by atoms with E-state index in [1.54, 1.807) is 0 Å². The molecule has 0 radical (unpaired) electrons. The maximum absolute atomic E-state index is 12.8. The fourth-order valence-electron chi connectivity index (χ4n) is 3.41. The number of hydrogen-bond donors (Lipinski definition) is 2. The van der Waals surface area contributed by atoms with Crippen molar-refractivity contribution in [1.82, 2.24) is 10.2 Å². The summed E-state index contributed by atoms with van der Waals surface area (Å²) in [5.41, 5.74) is 2.10. The van der Waals surface area contributed by atoms with Crippen molar-refractivity contribution in [2.75, 3.05) is 25.0 Å². The summed E-state index contributed by atoms with van der Waals surface area (Å²) in [6.07, 6.45) is 1.94. The highest BCUT2D eigenvalue weighted by Gasteiger charge is 2.30. The van der Waals surface area contributed by atoms with Crippen LogP contribution in [0.1, 0.15) is 53.5 Å². The van der Waals surface area contributed by atoms with E-state index >= 15 is 0 Å². The standard InChI is InChI=1S/C22H29N3O2S/c1-4-25(5-2)18(16-9-7-6-8-10-16)14-23-22(27)20-15(3)13-19(28-20)24-21(26)17-11-12-17/h6-10,13,17-18H,4-5,11-12,14H2,1-3H3,(H,23,27)(H,24,26). The molecule has 5 nitrogen and oxygen atoms in total. The van der Waals surface area contributed by atoms with Crippen LogP contribution < -0.4 is 10.6 Å². The van der Waals surface area contributed by atoms with Crippen molar-refractivity contribution in [3.05, 3.63) is 52.4 Å². The highest BCUT2D eigenvalue weighted by molar-refractivity contribution is 7.18. The Kier molecular flexibility index (Phi) is 6.86. The third-order valence-corrected chi connectivity index (χ3v) is 6.36. The third-order valence-electron chi connectivity index (χ3n) is 5.21. The molecule has 1 aromatic heterocycles. The Morgan fingerprint density at radius 3 is 2.46 bits per heavy atom. The van der Waals surface area contributed by atoms with Gasteiger partial charge in [0.25, 0.3) is 5.91 Å². The van der Waals surface area contributed by atoms with Crippen molar-refractivity contribution >= 4 is 28.2 Å². The summed E-state index contributed by atoms with van der Waals surface area (Å²) in [6.45, 7) is 8.57. The number of thiophene rings is 1. The fourth-order valence-corrected chi connectivity index (χ4v) is 4.40. The van der Waals surface area contributed by atoms with Crippen LogP contribution in [-0.4, -0.2) is 36.3 Å². The summed E-state index contributed by atoms with van der Waals surface area (Å²) in [4.78, 5) is 27.8. The Morgan fingerprint density at radius 2 is 1.86 bits per heavy atom. The van der Waals surface area contributed by atoms with E-state index in [0.717, 1.165) is 36.5 Å². The summed E-state index contributed by atoms with van der Waals surface area (Å²) in [5, 5.41) is 6.80. The number of aryl methyl sites for hydroxylation is 1. The molecule has 0 bridgehead atoms. The zero-order chi connectivity index (χ0) is 20.1. The van der Waals surface area contributed by atoms with E-state index in [1.165, 1.54) is 16.9 Å². The number of likely N-dealkylation sites (N-methyl/N-ethyl adjacent to an activating group) is 1. The topological polar surface area (TPSA) is 61.4 Å². The minimum absolute atomic E-state index is 0.0684. The number of benzene rings is 1. The molecule has 0 saturated heterocycles. The van der Waals surface area contributed by atoms with Crippen molar-refractivity contribution < 1.29 is 9.59 Å². The molecule has 6 heteroatoms. The summed E-state index contributed by atoms with van der Waals surface area (Å²) >= 11 is 1.35. The Morgan fingerprint density at radius 1 is 1.18 bits per heavy atom. The number of hydrogen-bond acceptors (Lipinski definition) is 4. The number of carbonyl (C=O) groups excluding carboxylic acids is 2. The normalized spacial score (nSPS) is 14.7. The van der Waals surface area contributed by atoms with Crippen LogP contribution in [0.15, 0.2) is 36.4 Å². The largest absolute Gasteiger partial charge is 0.349 e. The average molecular weight is 400 g/mol. The monoisotopic (exact) mass is 399 g/mol. The van der Waals surface area contributed by atoms with Crippen LogP contribution >= 0.6 is 11.3 Å². The number of carbonyl (C=O) groups is 2. The molecule has 1 heterocycles. The Bertz CT molecular complexity index is 810. The van der Waals surface area contributed by atoms with Crippen molar-refractivity contribution in [2.45, 2.75) is 39.7 Å². The summed E-state index contributed by atoms with van der Waals surface area (Å²) in [5.74, 6) is 0.141. The molecule has 28 heavy (non-hydrogen) atoms. The molecule has 1 unspecified atom stereocenters. The van der Waals surface area contributed by atoms with Gasteiger partial charge in [0.1, 0.15) is 0 Å². The highest BCUT2D eigenvalue weighted by Crippen LogP contribution is 2.33. The van der Waals surface area contributed by atoms with Crippen LogP contribution in [0.4, 0.5) is 5.00 Å². The highest BCUT2D eigenvalue weighted by atomic mass is 32.1. The predicted octanol–water partition coefficient (Wildman–Crippen LogP) is 4.22. The van der Waals surface area contributed by atoms with Gasteiger partial charge in [-0.3, -0.25) is 14.5 Å². The summed E-state index contributed by atoms with van der Waals surface area (Å²) in [6, 6.07) is 12.3. The van der Waals surface area contributed by atoms with Crippen molar-refractivity contribution in [3.8, 4) is 0 Å². The Balaban J connectivity index is 1.67. The van der Waals surface area contributed by atoms with Gasteiger partial charge >= 0.3 is 0 Å². The molecule has 2 aromatic rings. The molecule has 1 aromatic carbocycles. The van der Waals surface area contributed by atoms with Gasteiger partial charge in [-0.25, -0.2) is 0 Å². The van der Waals surface area contributed by atoms with Crippen LogP contribution in [0.2, 0.25) is 0 Å². The van der Waals surface area contributed by atoms with Gasteiger partial charge in [-0.1, -0.05) is 44.2 Å². The first-order chi connectivity index (χ1) is 13.5. The van der Waals surface area contributed by atoms with Gasteiger partial charge in [0.05, 0.1) is 15.9 Å². The molecular weight excluding hydrogens is 370 g/mol. The van der Waals surface area contributed by atoms with E-state index in [2.05, 4.69) is 41.5 Å². The lowest BCUT2D eigenvalue weighted by Crippen LogP contribution is -2.38. The van der Waals surface area contributed by atoms with E-state index in [-0.39, 0.29) is 23.8 Å². The SMILES string of the molecule is CCN(CC)C(CNC(=O)c1sc(NC(=O)C2CC2)cc1C)c1ccccc1. The van der Waals surface area contributed by atoms with Gasteiger partial charge in [0.15, 0.2) is 0 Å². The lowest BCUT2D eigenvalue weighted by Gasteiger charge is -2.30. The van der Waals surface area contributed by atoms with Crippen LogP contribution in [0.25, 0.3) is 0 Å². The first kappa shape index (κ1) is 20.6.